The highest BCUT2D eigenvalue weighted by molar-refractivity contribution is 5.78. The molecule has 0 aromatic carbocycles. The van der Waals surface area contributed by atoms with Crippen molar-refractivity contribution in [2.24, 2.45) is 5.41 Å². The lowest BCUT2D eigenvalue weighted by atomic mass is 9.82. The number of amides is 2. The van der Waals surface area contributed by atoms with Crippen LogP contribution in [0.4, 0.5) is 4.79 Å². The standard InChI is InChI=1S/C14H24N2O4/c1-10(11-5-3-8-20-11)15-13(19)16-7-4-6-14(2,9-16)12(17)18/h10-11H,3-9H2,1-2H3,(H,15,19)(H,17,18). The molecule has 3 unspecified atom stereocenters. The van der Waals surface area contributed by atoms with Crippen LogP contribution in [0.25, 0.3) is 0 Å². The van der Waals surface area contributed by atoms with E-state index in [2.05, 4.69) is 5.32 Å². The van der Waals surface area contributed by atoms with Crippen molar-refractivity contribution in [2.45, 2.75) is 51.7 Å². The van der Waals surface area contributed by atoms with E-state index in [1.165, 1.54) is 0 Å². The molecular formula is C14H24N2O4. The first kappa shape index (κ1) is 15.1. The van der Waals surface area contributed by atoms with Gasteiger partial charge in [0.1, 0.15) is 0 Å². The van der Waals surface area contributed by atoms with Crippen LogP contribution in [0.3, 0.4) is 0 Å². The number of likely N-dealkylation sites (tertiary alicyclic amines) is 1. The minimum Gasteiger partial charge on any atom is -0.481 e. The Kier molecular flexibility index (Phi) is 4.52. The first-order valence-electron chi connectivity index (χ1n) is 7.33. The fraction of sp³-hybridized carbons (Fsp3) is 0.857. The summed E-state index contributed by atoms with van der Waals surface area (Å²) in [7, 11) is 0. The Morgan fingerprint density at radius 3 is 2.80 bits per heavy atom. The molecule has 0 aliphatic carbocycles. The number of carbonyl (C=O) groups is 2. The summed E-state index contributed by atoms with van der Waals surface area (Å²) in [5.74, 6) is -0.831. The molecule has 2 aliphatic rings. The molecule has 0 saturated carbocycles. The largest absolute Gasteiger partial charge is 0.481 e. The molecule has 114 valence electrons. The van der Waals surface area contributed by atoms with Crippen LogP contribution in [-0.4, -0.2) is 53.8 Å². The topological polar surface area (TPSA) is 78.9 Å². The van der Waals surface area contributed by atoms with Crippen molar-refractivity contribution in [1.29, 1.82) is 0 Å². The Morgan fingerprint density at radius 1 is 1.45 bits per heavy atom. The molecule has 2 amide bonds. The second kappa shape index (κ2) is 5.99. The fourth-order valence-electron chi connectivity index (χ4n) is 2.96. The quantitative estimate of drug-likeness (QED) is 0.822. The van der Waals surface area contributed by atoms with Crippen molar-refractivity contribution in [3.63, 3.8) is 0 Å². The second-order valence-electron chi connectivity index (χ2n) is 6.18. The van der Waals surface area contributed by atoms with Gasteiger partial charge in [-0.25, -0.2) is 4.79 Å². The molecule has 0 spiro atoms. The van der Waals surface area contributed by atoms with E-state index >= 15 is 0 Å². The molecule has 2 heterocycles. The van der Waals surface area contributed by atoms with Gasteiger partial charge in [-0.2, -0.15) is 0 Å². The number of nitrogens with zero attached hydrogens (tertiary/aromatic N) is 1. The molecule has 2 N–H and O–H groups in total. The fourth-order valence-corrected chi connectivity index (χ4v) is 2.96. The van der Waals surface area contributed by atoms with Gasteiger partial charge >= 0.3 is 12.0 Å². The molecule has 6 nitrogen and oxygen atoms in total. The lowest BCUT2D eigenvalue weighted by molar-refractivity contribution is -0.150. The number of nitrogens with one attached hydrogen (secondary N) is 1. The van der Waals surface area contributed by atoms with E-state index in [9.17, 15) is 14.7 Å². The van der Waals surface area contributed by atoms with Crippen LogP contribution in [-0.2, 0) is 9.53 Å². The zero-order valence-corrected chi connectivity index (χ0v) is 12.2. The van der Waals surface area contributed by atoms with Gasteiger partial charge in [-0.05, 0) is 39.5 Å². The van der Waals surface area contributed by atoms with Gasteiger partial charge in [0.2, 0.25) is 0 Å². The molecule has 0 aromatic heterocycles. The molecule has 0 aromatic rings. The molecule has 2 saturated heterocycles. The van der Waals surface area contributed by atoms with E-state index in [1.54, 1.807) is 11.8 Å². The van der Waals surface area contributed by atoms with Gasteiger partial charge in [-0.3, -0.25) is 4.79 Å². The molecule has 2 rings (SSSR count). The number of carbonyl (C=O) groups excluding carboxylic acids is 1. The summed E-state index contributed by atoms with van der Waals surface area (Å²) < 4.78 is 5.55. The lowest BCUT2D eigenvalue weighted by Crippen LogP contribution is -2.54. The van der Waals surface area contributed by atoms with Gasteiger partial charge in [0.25, 0.3) is 0 Å². The summed E-state index contributed by atoms with van der Waals surface area (Å²) >= 11 is 0. The summed E-state index contributed by atoms with van der Waals surface area (Å²) in [5, 5.41) is 12.2. The van der Waals surface area contributed by atoms with Gasteiger partial charge in [0, 0.05) is 19.7 Å². The van der Waals surface area contributed by atoms with E-state index in [1.807, 2.05) is 6.92 Å². The minimum absolute atomic E-state index is 0.0389. The van der Waals surface area contributed by atoms with Crippen LogP contribution in [0.1, 0.15) is 39.5 Å². The van der Waals surface area contributed by atoms with Crippen molar-refractivity contribution in [3.8, 4) is 0 Å². The zero-order valence-electron chi connectivity index (χ0n) is 12.2. The van der Waals surface area contributed by atoms with Gasteiger partial charge in [-0.15, -0.1) is 0 Å². The van der Waals surface area contributed by atoms with Crippen LogP contribution in [0.5, 0.6) is 0 Å². The molecule has 0 bridgehead atoms. The summed E-state index contributed by atoms with van der Waals surface area (Å²) in [4.78, 5) is 25.2. The van der Waals surface area contributed by atoms with E-state index < -0.39 is 11.4 Å². The maximum atomic E-state index is 12.2. The Bertz CT molecular complexity index is 381. The summed E-state index contributed by atoms with van der Waals surface area (Å²) in [6, 6.07) is -0.219. The maximum Gasteiger partial charge on any atom is 0.317 e. The highest BCUT2D eigenvalue weighted by Crippen LogP contribution is 2.29. The van der Waals surface area contributed by atoms with E-state index in [4.69, 9.17) is 4.74 Å². The normalized spacial score (nSPS) is 31.9. The monoisotopic (exact) mass is 284 g/mol. The molecule has 2 aliphatic heterocycles. The average Bonchev–Trinajstić information content (AvgIpc) is 2.92. The number of ether oxygens (including phenoxy) is 1. The SMILES string of the molecule is CC(NC(=O)N1CCCC(C)(C(=O)O)C1)C1CCCO1. The first-order chi connectivity index (χ1) is 9.42. The third-order valence-electron chi connectivity index (χ3n) is 4.37. The Balaban J connectivity index is 1.90. The third-order valence-corrected chi connectivity index (χ3v) is 4.37. The number of urea groups is 1. The molecule has 3 atom stereocenters. The van der Waals surface area contributed by atoms with Crippen LogP contribution < -0.4 is 5.32 Å². The summed E-state index contributed by atoms with van der Waals surface area (Å²) in [5.41, 5.74) is -0.831. The lowest BCUT2D eigenvalue weighted by Gasteiger charge is -2.38. The second-order valence-corrected chi connectivity index (χ2v) is 6.18. The number of aliphatic carboxylic acids is 1. The van der Waals surface area contributed by atoms with E-state index in [-0.39, 0.29) is 24.7 Å². The Morgan fingerprint density at radius 2 is 2.20 bits per heavy atom. The Hall–Kier alpha value is -1.30. The number of hydrogen-bond donors (Lipinski definition) is 2. The van der Waals surface area contributed by atoms with E-state index in [0.717, 1.165) is 25.9 Å². The first-order valence-corrected chi connectivity index (χ1v) is 7.33. The third kappa shape index (κ3) is 3.23. The van der Waals surface area contributed by atoms with Crippen molar-refractivity contribution >= 4 is 12.0 Å². The molecule has 2 fully saturated rings. The van der Waals surface area contributed by atoms with Gasteiger partial charge < -0.3 is 20.1 Å². The smallest absolute Gasteiger partial charge is 0.317 e. The van der Waals surface area contributed by atoms with Crippen molar-refractivity contribution in [1.82, 2.24) is 10.2 Å². The summed E-state index contributed by atoms with van der Waals surface area (Å²) in [6.45, 7) is 5.29. The van der Waals surface area contributed by atoms with Gasteiger partial charge in [0.15, 0.2) is 0 Å². The van der Waals surface area contributed by atoms with Crippen LogP contribution in [0.15, 0.2) is 0 Å². The van der Waals surface area contributed by atoms with Gasteiger partial charge in [0.05, 0.1) is 17.6 Å². The van der Waals surface area contributed by atoms with Crippen molar-refractivity contribution in [3.05, 3.63) is 0 Å². The number of carboxylic acids is 1. The molecule has 6 heteroatoms. The molecule has 0 radical (unpaired) electrons. The molecular weight excluding hydrogens is 260 g/mol. The van der Waals surface area contributed by atoms with Crippen LogP contribution >= 0.6 is 0 Å². The number of carboxylic acid groups (broad SMARTS) is 1. The minimum atomic E-state index is -0.831. The highest BCUT2D eigenvalue weighted by atomic mass is 16.5. The Labute approximate surface area is 119 Å². The highest BCUT2D eigenvalue weighted by Gasteiger charge is 2.39. The molecule has 20 heavy (non-hydrogen) atoms. The van der Waals surface area contributed by atoms with E-state index in [0.29, 0.717) is 13.0 Å². The van der Waals surface area contributed by atoms with Crippen LogP contribution in [0.2, 0.25) is 0 Å². The number of hydrogen-bond acceptors (Lipinski definition) is 3. The predicted molar refractivity (Wildman–Crippen MR) is 73.5 cm³/mol. The van der Waals surface area contributed by atoms with Crippen molar-refractivity contribution in [2.75, 3.05) is 19.7 Å². The van der Waals surface area contributed by atoms with Gasteiger partial charge in [-0.1, -0.05) is 0 Å². The summed E-state index contributed by atoms with van der Waals surface area (Å²) in [6.07, 6.45) is 3.42. The average molecular weight is 284 g/mol. The zero-order chi connectivity index (χ0) is 14.8. The van der Waals surface area contributed by atoms with Crippen molar-refractivity contribution < 1.29 is 19.4 Å². The maximum absolute atomic E-state index is 12.2. The number of rotatable bonds is 3. The number of piperidine rings is 1. The van der Waals surface area contributed by atoms with Crippen LogP contribution in [0, 0.1) is 5.41 Å². The predicted octanol–water partition coefficient (Wildman–Crippen LogP) is 1.45.